The van der Waals surface area contributed by atoms with Crippen LogP contribution in [0.15, 0.2) is 24.3 Å². The van der Waals surface area contributed by atoms with Gasteiger partial charge < -0.3 is 20.9 Å². The minimum Gasteiger partial charge on any atom is -0.384 e. The van der Waals surface area contributed by atoms with Gasteiger partial charge in [0.1, 0.15) is 5.84 Å². The lowest BCUT2D eigenvalue weighted by atomic mass is 9.96. The number of nitrogens with zero attached hydrogens (tertiary/aromatic N) is 2. The van der Waals surface area contributed by atoms with Crippen molar-refractivity contribution >= 4 is 17.8 Å². The molecular weight excluding hydrogens is 330 g/mol. The van der Waals surface area contributed by atoms with Crippen LogP contribution in [0.2, 0.25) is 0 Å². The molecule has 7 heteroatoms. The van der Waals surface area contributed by atoms with E-state index in [1.54, 1.807) is 34.1 Å². The van der Waals surface area contributed by atoms with Crippen molar-refractivity contribution < 1.29 is 9.59 Å². The summed E-state index contributed by atoms with van der Waals surface area (Å²) in [5.74, 6) is -0.0611. The van der Waals surface area contributed by atoms with Crippen molar-refractivity contribution in [2.45, 2.75) is 38.1 Å². The molecule has 3 rings (SSSR count). The first-order valence-corrected chi connectivity index (χ1v) is 9.34. The van der Waals surface area contributed by atoms with Crippen molar-refractivity contribution in [2.75, 3.05) is 26.2 Å². The smallest absolute Gasteiger partial charge is 0.317 e. The lowest BCUT2D eigenvalue weighted by Crippen LogP contribution is -2.54. The van der Waals surface area contributed by atoms with E-state index in [0.717, 1.165) is 12.8 Å². The molecular formula is C19H27N5O2. The van der Waals surface area contributed by atoms with Gasteiger partial charge in [-0.15, -0.1) is 0 Å². The van der Waals surface area contributed by atoms with Crippen LogP contribution in [-0.4, -0.2) is 59.8 Å². The number of piperazine rings is 1. The third kappa shape index (κ3) is 4.33. The van der Waals surface area contributed by atoms with Crippen molar-refractivity contribution in [3.63, 3.8) is 0 Å². The van der Waals surface area contributed by atoms with Crippen LogP contribution in [0.1, 0.15) is 48.0 Å². The van der Waals surface area contributed by atoms with Crippen molar-refractivity contribution in [1.29, 1.82) is 5.41 Å². The number of rotatable bonds is 3. The third-order valence-corrected chi connectivity index (χ3v) is 5.23. The first-order valence-electron chi connectivity index (χ1n) is 9.34. The average Bonchev–Trinajstić information content (AvgIpc) is 2.68. The van der Waals surface area contributed by atoms with E-state index in [4.69, 9.17) is 11.1 Å². The van der Waals surface area contributed by atoms with Gasteiger partial charge in [-0.05, 0) is 25.0 Å². The van der Waals surface area contributed by atoms with Crippen LogP contribution in [0.3, 0.4) is 0 Å². The van der Waals surface area contributed by atoms with Crippen LogP contribution < -0.4 is 11.1 Å². The maximum Gasteiger partial charge on any atom is 0.317 e. The second-order valence-corrected chi connectivity index (χ2v) is 7.05. The maximum absolute atomic E-state index is 12.6. The number of urea groups is 1. The SMILES string of the molecule is N=C(N)c1ccc(C(=O)N2CCN(C(=O)NC3CCCCC3)CC2)cc1. The van der Waals surface area contributed by atoms with E-state index in [1.807, 2.05) is 0 Å². The summed E-state index contributed by atoms with van der Waals surface area (Å²) in [6.07, 6.45) is 5.78. The van der Waals surface area contributed by atoms with E-state index in [1.165, 1.54) is 19.3 Å². The van der Waals surface area contributed by atoms with Gasteiger partial charge in [0.05, 0.1) is 0 Å². The number of carbonyl (C=O) groups is 2. The zero-order valence-electron chi connectivity index (χ0n) is 15.0. The zero-order chi connectivity index (χ0) is 18.5. The van der Waals surface area contributed by atoms with E-state index in [9.17, 15) is 9.59 Å². The number of nitrogens with two attached hydrogens (primary N) is 1. The molecule has 1 aromatic carbocycles. The van der Waals surface area contributed by atoms with E-state index in [-0.39, 0.29) is 17.8 Å². The molecule has 0 aromatic heterocycles. The molecule has 1 heterocycles. The lowest BCUT2D eigenvalue weighted by molar-refractivity contribution is 0.0662. The summed E-state index contributed by atoms with van der Waals surface area (Å²) in [7, 11) is 0. The van der Waals surface area contributed by atoms with Crippen LogP contribution in [0.5, 0.6) is 0 Å². The quantitative estimate of drug-likeness (QED) is 0.567. The molecule has 0 bridgehead atoms. The van der Waals surface area contributed by atoms with Crippen LogP contribution in [-0.2, 0) is 0 Å². The molecule has 7 nitrogen and oxygen atoms in total. The highest BCUT2D eigenvalue weighted by atomic mass is 16.2. The monoisotopic (exact) mass is 357 g/mol. The molecule has 26 heavy (non-hydrogen) atoms. The van der Waals surface area contributed by atoms with Gasteiger partial charge in [0.15, 0.2) is 0 Å². The van der Waals surface area contributed by atoms with Gasteiger partial charge in [-0.25, -0.2) is 4.79 Å². The molecule has 2 fully saturated rings. The average molecular weight is 357 g/mol. The number of amides is 3. The van der Waals surface area contributed by atoms with Crippen molar-refractivity contribution in [3.8, 4) is 0 Å². The Morgan fingerprint density at radius 3 is 2.04 bits per heavy atom. The Labute approximate surface area is 154 Å². The highest BCUT2D eigenvalue weighted by molar-refractivity contribution is 5.98. The summed E-state index contributed by atoms with van der Waals surface area (Å²) in [6.45, 7) is 2.17. The van der Waals surface area contributed by atoms with Gasteiger partial charge in [-0.1, -0.05) is 31.4 Å². The standard InChI is InChI=1S/C19H27N5O2/c20-17(21)14-6-8-15(9-7-14)18(25)23-10-12-24(13-11-23)19(26)22-16-4-2-1-3-5-16/h6-9,16H,1-5,10-13H2,(H3,20,21)(H,22,26). The van der Waals surface area contributed by atoms with E-state index < -0.39 is 0 Å². The number of hydrogen-bond donors (Lipinski definition) is 3. The molecule has 2 aliphatic rings. The largest absolute Gasteiger partial charge is 0.384 e. The summed E-state index contributed by atoms with van der Waals surface area (Å²) in [5.41, 5.74) is 6.62. The van der Waals surface area contributed by atoms with Crippen LogP contribution in [0.25, 0.3) is 0 Å². The van der Waals surface area contributed by atoms with Crippen LogP contribution >= 0.6 is 0 Å². The van der Waals surface area contributed by atoms with Crippen molar-refractivity contribution in [1.82, 2.24) is 15.1 Å². The molecule has 1 saturated heterocycles. The summed E-state index contributed by atoms with van der Waals surface area (Å²) >= 11 is 0. The van der Waals surface area contributed by atoms with Gasteiger partial charge in [0.2, 0.25) is 0 Å². The number of benzene rings is 1. The molecule has 1 aliphatic heterocycles. The molecule has 0 unspecified atom stereocenters. The Morgan fingerprint density at radius 1 is 0.923 bits per heavy atom. The highest BCUT2D eigenvalue weighted by Gasteiger charge is 2.26. The summed E-state index contributed by atoms with van der Waals surface area (Å²) in [5, 5.41) is 10.5. The fourth-order valence-electron chi connectivity index (χ4n) is 3.60. The summed E-state index contributed by atoms with van der Waals surface area (Å²) in [4.78, 5) is 28.6. The Balaban J connectivity index is 1.50. The van der Waals surface area contributed by atoms with Gasteiger partial charge in [-0.3, -0.25) is 10.2 Å². The topological polar surface area (TPSA) is 103 Å². The minimum absolute atomic E-state index is 0.00481. The van der Waals surface area contributed by atoms with Crippen LogP contribution in [0.4, 0.5) is 4.79 Å². The first-order chi connectivity index (χ1) is 12.5. The molecule has 0 radical (unpaired) electrons. The number of carbonyl (C=O) groups excluding carboxylic acids is 2. The molecule has 140 valence electrons. The van der Waals surface area contributed by atoms with E-state index >= 15 is 0 Å². The normalized spacial score (nSPS) is 18.5. The maximum atomic E-state index is 12.6. The minimum atomic E-state index is -0.0487. The van der Waals surface area contributed by atoms with Crippen LogP contribution in [0, 0.1) is 5.41 Å². The second-order valence-electron chi connectivity index (χ2n) is 7.05. The van der Waals surface area contributed by atoms with Gasteiger partial charge in [0.25, 0.3) is 5.91 Å². The number of hydrogen-bond acceptors (Lipinski definition) is 3. The molecule has 3 amide bonds. The van der Waals surface area contributed by atoms with Crippen molar-refractivity contribution in [3.05, 3.63) is 35.4 Å². The number of nitrogens with one attached hydrogen (secondary N) is 2. The molecule has 1 aliphatic carbocycles. The Bertz CT molecular complexity index is 659. The fourth-order valence-corrected chi connectivity index (χ4v) is 3.60. The van der Waals surface area contributed by atoms with E-state index in [0.29, 0.717) is 43.3 Å². The van der Waals surface area contributed by atoms with Gasteiger partial charge >= 0.3 is 6.03 Å². The first kappa shape index (κ1) is 18.2. The number of amidine groups is 1. The molecule has 1 saturated carbocycles. The Morgan fingerprint density at radius 2 is 1.46 bits per heavy atom. The third-order valence-electron chi connectivity index (χ3n) is 5.23. The Kier molecular flexibility index (Phi) is 5.75. The fraction of sp³-hybridized carbons (Fsp3) is 0.526. The summed E-state index contributed by atoms with van der Waals surface area (Å²) in [6, 6.07) is 7.06. The van der Waals surface area contributed by atoms with Gasteiger partial charge in [0, 0.05) is 43.3 Å². The highest BCUT2D eigenvalue weighted by Crippen LogP contribution is 2.18. The molecule has 4 N–H and O–H groups in total. The number of nitrogen functional groups attached to an aromatic ring is 1. The van der Waals surface area contributed by atoms with E-state index in [2.05, 4.69) is 5.32 Å². The second kappa shape index (κ2) is 8.21. The zero-order valence-corrected chi connectivity index (χ0v) is 15.0. The summed E-state index contributed by atoms with van der Waals surface area (Å²) < 4.78 is 0. The van der Waals surface area contributed by atoms with Crippen molar-refractivity contribution in [2.24, 2.45) is 5.73 Å². The lowest BCUT2D eigenvalue weighted by Gasteiger charge is -2.36. The molecule has 0 atom stereocenters. The predicted molar refractivity (Wildman–Crippen MR) is 100 cm³/mol. The van der Waals surface area contributed by atoms with Gasteiger partial charge in [-0.2, -0.15) is 0 Å². The molecule has 0 spiro atoms. The predicted octanol–water partition coefficient (Wildman–Crippen LogP) is 1.77. The Hall–Kier alpha value is -2.57. The molecule has 1 aromatic rings.